The van der Waals surface area contributed by atoms with Gasteiger partial charge in [0.05, 0.1) is 0 Å². The van der Waals surface area contributed by atoms with Crippen LogP contribution in [0.15, 0.2) is 60.8 Å². The van der Waals surface area contributed by atoms with Crippen LogP contribution in [0, 0.1) is 13.8 Å². The summed E-state index contributed by atoms with van der Waals surface area (Å²) < 4.78 is 0. The van der Waals surface area contributed by atoms with Gasteiger partial charge in [0.15, 0.2) is 5.78 Å². The zero-order valence-electron chi connectivity index (χ0n) is 11.2. The minimum absolute atomic E-state index is 0.00148. The molecular weight excluding hydrogens is 234 g/mol. The molecule has 96 valence electrons. The number of anilines is 1. The molecule has 0 aliphatic carbocycles. The fourth-order valence-corrected chi connectivity index (χ4v) is 1.80. The predicted molar refractivity (Wildman–Crippen MR) is 79.5 cm³/mol. The van der Waals surface area contributed by atoms with Gasteiger partial charge in [0.1, 0.15) is 0 Å². The lowest BCUT2D eigenvalue weighted by Gasteiger charge is -2.06. The smallest absolute Gasteiger partial charge is 0.187 e. The van der Waals surface area contributed by atoms with Gasteiger partial charge in [-0.15, -0.1) is 0 Å². The van der Waals surface area contributed by atoms with E-state index in [1.165, 1.54) is 5.56 Å². The number of ketones is 1. The van der Waals surface area contributed by atoms with Crippen LogP contribution in [0.2, 0.25) is 0 Å². The van der Waals surface area contributed by atoms with E-state index < -0.39 is 0 Å². The van der Waals surface area contributed by atoms with Gasteiger partial charge in [-0.05, 0) is 31.0 Å². The van der Waals surface area contributed by atoms with Crippen molar-refractivity contribution in [3.8, 4) is 0 Å². The Morgan fingerprint density at radius 1 is 1.05 bits per heavy atom. The van der Waals surface area contributed by atoms with E-state index in [-0.39, 0.29) is 5.78 Å². The Bertz CT molecular complexity index is 600. The minimum Gasteiger partial charge on any atom is -0.361 e. The Balaban J connectivity index is 2.04. The van der Waals surface area contributed by atoms with Crippen LogP contribution in [0.4, 0.5) is 5.69 Å². The lowest BCUT2D eigenvalue weighted by molar-refractivity contribution is 0.104. The Kier molecular flexibility index (Phi) is 4.14. The number of allylic oxidation sites excluding steroid dienone is 1. The molecule has 0 bridgehead atoms. The van der Waals surface area contributed by atoms with E-state index in [1.807, 2.05) is 44.2 Å². The van der Waals surface area contributed by atoms with E-state index in [1.54, 1.807) is 12.3 Å². The van der Waals surface area contributed by atoms with Crippen molar-refractivity contribution in [2.75, 3.05) is 5.32 Å². The molecule has 0 aliphatic heterocycles. The third-order valence-electron chi connectivity index (χ3n) is 2.92. The van der Waals surface area contributed by atoms with E-state index in [2.05, 4.69) is 23.5 Å². The average Bonchev–Trinajstić information content (AvgIpc) is 2.43. The highest BCUT2D eigenvalue weighted by molar-refractivity contribution is 6.04. The highest BCUT2D eigenvalue weighted by Gasteiger charge is 1.99. The van der Waals surface area contributed by atoms with E-state index in [0.717, 1.165) is 11.3 Å². The normalized spacial score (nSPS) is 10.6. The molecule has 0 saturated heterocycles. The van der Waals surface area contributed by atoms with Gasteiger partial charge >= 0.3 is 0 Å². The van der Waals surface area contributed by atoms with Crippen molar-refractivity contribution >= 4 is 11.5 Å². The zero-order valence-corrected chi connectivity index (χ0v) is 11.2. The van der Waals surface area contributed by atoms with Crippen LogP contribution in [0.3, 0.4) is 0 Å². The molecule has 0 saturated carbocycles. The Morgan fingerprint density at radius 2 is 1.79 bits per heavy atom. The first-order valence-electron chi connectivity index (χ1n) is 6.26. The van der Waals surface area contributed by atoms with E-state index >= 15 is 0 Å². The summed E-state index contributed by atoms with van der Waals surface area (Å²) in [5, 5.41) is 3.15. The van der Waals surface area contributed by atoms with Gasteiger partial charge in [0.25, 0.3) is 0 Å². The minimum atomic E-state index is -0.00148. The molecule has 0 amide bonds. The predicted octanol–water partition coefficient (Wildman–Crippen LogP) is 4.11. The lowest BCUT2D eigenvalue weighted by atomic mass is 10.1. The topological polar surface area (TPSA) is 29.1 Å². The van der Waals surface area contributed by atoms with Gasteiger partial charge in [-0.2, -0.15) is 0 Å². The number of hydrogen-bond acceptors (Lipinski definition) is 2. The Labute approximate surface area is 113 Å². The van der Waals surface area contributed by atoms with Gasteiger partial charge in [0, 0.05) is 23.5 Å². The van der Waals surface area contributed by atoms with Gasteiger partial charge < -0.3 is 5.32 Å². The number of carbonyl (C=O) groups excluding carboxylic acids is 1. The van der Waals surface area contributed by atoms with Crippen LogP contribution >= 0.6 is 0 Å². The molecular formula is C17H17NO. The molecule has 0 spiro atoms. The quantitative estimate of drug-likeness (QED) is 0.654. The zero-order chi connectivity index (χ0) is 13.7. The monoisotopic (exact) mass is 251 g/mol. The maximum Gasteiger partial charge on any atom is 0.187 e. The number of carbonyl (C=O) groups is 1. The summed E-state index contributed by atoms with van der Waals surface area (Å²) in [6.07, 6.45) is 3.24. The van der Waals surface area contributed by atoms with Crippen molar-refractivity contribution in [2.45, 2.75) is 13.8 Å². The molecule has 0 radical (unpaired) electrons. The van der Waals surface area contributed by atoms with Gasteiger partial charge in [-0.1, -0.05) is 42.5 Å². The van der Waals surface area contributed by atoms with Crippen LogP contribution < -0.4 is 5.32 Å². The highest BCUT2D eigenvalue weighted by atomic mass is 16.1. The first kappa shape index (κ1) is 13.1. The summed E-state index contributed by atoms with van der Waals surface area (Å²) in [6.45, 7) is 4.08. The number of aryl methyl sites for hydroxylation is 2. The molecule has 19 heavy (non-hydrogen) atoms. The molecule has 2 nitrogen and oxygen atoms in total. The van der Waals surface area contributed by atoms with E-state index in [9.17, 15) is 4.79 Å². The first-order valence-corrected chi connectivity index (χ1v) is 6.26. The van der Waals surface area contributed by atoms with Crippen molar-refractivity contribution in [3.63, 3.8) is 0 Å². The second-order valence-corrected chi connectivity index (χ2v) is 4.53. The molecule has 2 aromatic carbocycles. The fourth-order valence-electron chi connectivity index (χ4n) is 1.80. The molecule has 0 heterocycles. The van der Waals surface area contributed by atoms with E-state index in [0.29, 0.717) is 5.56 Å². The van der Waals surface area contributed by atoms with Crippen LogP contribution in [0.5, 0.6) is 0 Å². The highest BCUT2D eigenvalue weighted by Crippen LogP contribution is 2.16. The van der Waals surface area contributed by atoms with Crippen molar-refractivity contribution in [3.05, 3.63) is 77.5 Å². The summed E-state index contributed by atoms with van der Waals surface area (Å²) >= 11 is 0. The van der Waals surface area contributed by atoms with Crippen molar-refractivity contribution < 1.29 is 4.79 Å². The third kappa shape index (κ3) is 3.55. The molecule has 0 aliphatic rings. The number of benzene rings is 2. The summed E-state index contributed by atoms with van der Waals surface area (Å²) in [5.41, 5.74) is 4.07. The summed E-state index contributed by atoms with van der Waals surface area (Å²) in [5.74, 6) is -0.00148. The van der Waals surface area contributed by atoms with Gasteiger partial charge in [-0.25, -0.2) is 0 Å². The number of hydrogen-bond donors (Lipinski definition) is 1. The van der Waals surface area contributed by atoms with Gasteiger partial charge in [-0.3, -0.25) is 4.79 Å². The summed E-state index contributed by atoms with van der Waals surface area (Å²) in [4.78, 5) is 11.9. The van der Waals surface area contributed by atoms with Crippen LogP contribution in [0.1, 0.15) is 21.5 Å². The molecule has 0 aromatic heterocycles. The number of nitrogens with one attached hydrogen (secondary N) is 1. The van der Waals surface area contributed by atoms with Crippen LogP contribution in [-0.2, 0) is 0 Å². The van der Waals surface area contributed by atoms with Crippen LogP contribution in [0.25, 0.3) is 0 Å². The van der Waals surface area contributed by atoms with Crippen molar-refractivity contribution in [1.29, 1.82) is 0 Å². The van der Waals surface area contributed by atoms with Gasteiger partial charge in [0.2, 0.25) is 0 Å². The van der Waals surface area contributed by atoms with Crippen molar-refractivity contribution in [2.24, 2.45) is 0 Å². The van der Waals surface area contributed by atoms with Crippen LogP contribution in [-0.4, -0.2) is 5.78 Å². The largest absolute Gasteiger partial charge is 0.361 e. The van der Waals surface area contributed by atoms with Crippen molar-refractivity contribution in [1.82, 2.24) is 0 Å². The summed E-state index contributed by atoms with van der Waals surface area (Å²) in [7, 11) is 0. The average molecular weight is 251 g/mol. The number of rotatable bonds is 4. The lowest BCUT2D eigenvalue weighted by Crippen LogP contribution is -1.97. The maximum atomic E-state index is 11.9. The first-order chi connectivity index (χ1) is 9.16. The molecule has 2 rings (SSSR count). The second-order valence-electron chi connectivity index (χ2n) is 4.53. The third-order valence-corrected chi connectivity index (χ3v) is 2.92. The molecule has 0 unspecified atom stereocenters. The standard InChI is InChI=1S/C17H17NO/c1-13-8-9-14(2)16(12-13)18-11-10-17(19)15-6-4-3-5-7-15/h3-12,18H,1-2H3. The molecule has 1 N–H and O–H groups in total. The molecule has 2 heteroatoms. The molecule has 2 aromatic rings. The summed E-state index contributed by atoms with van der Waals surface area (Å²) in [6, 6.07) is 15.4. The fraction of sp³-hybridized carbons (Fsp3) is 0.118. The Morgan fingerprint density at radius 3 is 2.53 bits per heavy atom. The maximum absolute atomic E-state index is 11.9. The second kappa shape index (κ2) is 6.01. The molecule has 0 fully saturated rings. The SMILES string of the molecule is Cc1ccc(C)c(NC=CC(=O)c2ccccc2)c1. The van der Waals surface area contributed by atoms with E-state index in [4.69, 9.17) is 0 Å². The molecule has 0 atom stereocenters. The Hall–Kier alpha value is -2.35.